The lowest BCUT2D eigenvalue weighted by atomic mass is 10.0. The number of guanidine groups is 1. The molecule has 1 rings (SSSR count). The van der Waals surface area contributed by atoms with E-state index in [1.807, 2.05) is 6.92 Å². The number of hydrogen-bond donors (Lipinski definition) is 3. The van der Waals surface area contributed by atoms with Gasteiger partial charge >= 0.3 is 0 Å². The second-order valence-electron chi connectivity index (χ2n) is 6.32. The average molecular weight is 368 g/mol. The summed E-state index contributed by atoms with van der Waals surface area (Å²) >= 11 is 0. The van der Waals surface area contributed by atoms with Crippen LogP contribution in [-0.2, 0) is 0 Å². The molecule has 1 aromatic carbocycles. The standard InChI is InChI=1S/C20H34FN3O2/c1-3-7-17(12-14-25)16-24-20(22-4-2)23-13-5-6-15-26-19-10-8-18(21)9-11-19/h8-11,17,25H,3-7,12-16H2,1-2H3,(H2,22,23,24). The van der Waals surface area contributed by atoms with Crippen LogP contribution in [0.25, 0.3) is 0 Å². The van der Waals surface area contributed by atoms with Gasteiger partial charge in [-0.2, -0.15) is 0 Å². The Hall–Kier alpha value is -1.82. The van der Waals surface area contributed by atoms with Crippen molar-refractivity contribution >= 4 is 5.96 Å². The maximum atomic E-state index is 12.8. The van der Waals surface area contributed by atoms with E-state index in [9.17, 15) is 4.39 Å². The first kappa shape index (κ1) is 22.2. The van der Waals surface area contributed by atoms with Crippen LogP contribution in [0.5, 0.6) is 5.75 Å². The van der Waals surface area contributed by atoms with Gasteiger partial charge in [-0.3, -0.25) is 4.99 Å². The summed E-state index contributed by atoms with van der Waals surface area (Å²) < 4.78 is 18.4. The number of aliphatic hydroxyl groups is 1. The van der Waals surface area contributed by atoms with E-state index in [0.717, 1.165) is 57.7 Å². The average Bonchev–Trinajstić information content (AvgIpc) is 2.64. The Balaban J connectivity index is 2.25. The van der Waals surface area contributed by atoms with E-state index in [0.29, 0.717) is 18.3 Å². The first-order chi connectivity index (χ1) is 12.7. The molecule has 0 radical (unpaired) electrons. The molecule has 5 nitrogen and oxygen atoms in total. The first-order valence-electron chi connectivity index (χ1n) is 9.71. The highest BCUT2D eigenvalue weighted by molar-refractivity contribution is 5.79. The number of rotatable bonds is 13. The number of hydrogen-bond acceptors (Lipinski definition) is 3. The molecule has 1 aromatic rings. The highest BCUT2D eigenvalue weighted by Gasteiger charge is 2.07. The molecule has 0 fully saturated rings. The van der Waals surface area contributed by atoms with Crippen LogP contribution >= 0.6 is 0 Å². The van der Waals surface area contributed by atoms with Gasteiger partial charge in [-0.05, 0) is 62.8 Å². The Labute approximate surface area is 157 Å². The number of ether oxygens (including phenoxy) is 1. The number of aliphatic hydroxyl groups excluding tert-OH is 1. The molecule has 3 N–H and O–H groups in total. The zero-order chi connectivity index (χ0) is 19.0. The van der Waals surface area contributed by atoms with E-state index < -0.39 is 0 Å². The van der Waals surface area contributed by atoms with Crippen molar-refractivity contribution in [2.24, 2.45) is 10.9 Å². The molecule has 0 aliphatic carbocycles. The van der Waals surface area contributed by atoms with Crippen molar-refractivity contribution in [1.82, 2.24) is 10.6 Å². The number of nitrogens with zero attached hydrogens (tertiary/aromatic N) is 1. The summed E-state index contributed by atoms with van der Waals surface area (Å²) in [5.74, 6) is 1.70. The second-order valence-corrected chi connectivity index (χ2v) is 6.32. The number of halogens is 1. The molecule has 6 heteroatoms. The first-order valence-corrected chi connectivity index (χ1v) is 9.71. The van der Waals surface area contributed by atoms with Crippen molar-refractivity contribution in [3.8, 4) is 5.75 Å². The van der Waals surface area contributed by atoms with Gasteiger partial charge < -0.3 is 20.5 Å². The Kier molecular flexibility index (Phi) is 12.3. The van der Waals surface area contributed by atoms with Gasteiger partial charge in [0, 0.05) is 26.2 Å². The largest absolute Gasteiger partial charge is 0.494 e. The van der Waals surface area contributed by atoms with Crippen LogP contribution in [0.2, 0.25) is 0 Å². The molecule has 0 aromatic heterocycles. The number of benzene rings is 1. The third-order valence-electron chi connectivity index (χ3n) is 4.03. The molecule has 1 unspecified atom stereocenters. The van der Waals surface area contributed by atoms with E-state index in [1.54, 1.807) is 12.1 Å². The van der Waals surface area contributed by atoms with E-state index in [1.165, 1.54) is 12.1 Å². The summed E-state index contributed by atoms with van der Waals surface area (Å²) in [6, 6.07) is 6.09. The Morgan fingerprint density at radius 1 is 1.15 bits per heavy atom. The third-order valence-corrected chi connectivity index (χ3v) is 4.03. The molecule has 0 spiro atoms. The highest BCUT2D eigenvalue weighted by atomic mass is 19.1. The predicted octanol–water partition coefficient (Wildman–Crippen LogP) is 3.34. The molecule has 26 heavy (non-hydrogen) atoms. The van der Waals surface area contributed by atoms with E-state index in [-0.39, 0.29) is 12.4 Å². The smallest absolute Gasteiger partial charge is 0.191 e. The van der Waals surface area contributed by atoms with Crippen LogP contribution in [0.3, 0.4) is 0 Å². The molecule has 0 aliphatic heterocycles. The molecule has 1 atom stereocenters. The van der Waals surface area contributed by atoms with Crippen LogP contribution in [-0.4, -0.2) is 43.9 Å². The van der Waals surface area contributed by atoms with Crippen molar-refractivity contribution in [3.05, 3.63) is 30.1 Å². The van der Waals surface area contributed by atoms with Crippen molar-refractivity contribution in [2.45, 2.75) is 46.0 Å². The minimum absolute atomic E-state index is 0.220. The lowest BCUT2D eigenvalue weighted by Gasteiger charge is -2.15. The van der Waals surface area contributed by atoms with Gasteiger partial charge in [0.2, 0.25) is 0 Å². The van der Waals surface area contributed by atoms with Crippen LogP contribution in [0, 0.1) is 11.7 Å². The van der Waals surface area contributed by atoms with Crippen molar-refractivity contribution < 1.29 is 14.2 Å². The summed E-state index contributed by atoms with van der Waals surface area (Å²) in [6.45, 7) is 7.40. The SMILES string of the molecule is CCCC(CCO)CN=C(NCC)NCCCCOc1ccc(F)cc1. The maximum Gasteiger partial charge on any atom is 0.191 e. The molecule has 0 saturated carbocycles. The van der Waals surface area contributed by atoms with E-state index >= 15 is 0 Å². The molecule has 0 bridgehead atoms. The van der Waals surface area contributed by atoms with Crippen LogP contribution in [0.15, 0.2) is 29.3 Å². The Bertz CT molecular complexity index is 488. The fourth-order valence-electron chi connectivity index (χ4n) is 2.63. The van der Waals surface area contributed by atoms with Crippen LogP contribution in [0.4, 0.5) is 4.39 Å². The van der Waals surface area contributed by atoms with E-state index in [4.69, 9.17) is 9.84 Å². The molecule has 0 saturated heterocycles. The minimum atomic E-state index is -0.253. The molecule has 0 heterocycles. The zero-order valence-electron chi connectivity index (χ0n) is 16.1. The second kappa shape index (κ2) is 14.4. The molecular weight excluding hydrogens is 333 g/mol. The summed E-state index contributed by atoms with van der Waals surface area (Å²) in [4.78, 5) is 4.64. The fourth-order valence-corrected chi connectivity index (χ4v) is 2.63. The number of nitrogens with one attached hydrogen (secondary N) is 2. The number of aliphatic imine (C=N–C) groups is 1. The monoisotopic (exact) mass is 367 g/mol. The summed E-state index contributed by atoms with van der Waals surface area (Å²) in [5, 5.41) is 15.7. The predicted molar refractivity (Wildman–Crippen MR) is 105 cm³/mol. The molecule has 0 aliphatic rings. The lowest BCUT2D eigenvalue weighted by Crippen LogP contribution is -2.38. The van der Waals surface area contributed by atoms with Gasteiger partial charge in [-0.25, -0.2) is 4.39 Å². The third kappa shape index (κ3) is 10.2. The minimum Gasteiger partial charge on any atom is -0.494 e. The van der Waals surface area contributed by atoms with Crippen LogP contribution in [0.1, 0.15) is 46.0 Å². The van der Waals surface area contributed by atoms with Crippen molar-refractivity contribution in [1.29, 1.82) is 0 Å². The van der Waals surface area contributed by atoms with Gasteiger partial charge in [0.25, 0.3) is 0 Å². The summed E-state index contributed by atoms with van der Waals surface area (Å²) in [5.41, 5.74) is 0. The van der Waals surface area contributed by atoms with Gasteiger partial charge in [-0.15, -0.1) is 0 Å². The van der Waals surface area contributed by atoms with Gasteiger partial charge in [0.1, 0.15) is 11.6 Å². The van der Waals surface area contributed by atoms with E-state index in [2.05, 4.69) is 22.5 Å². The fraction of sp³-hybridized carbons (Fsp3) is 0.650. The molecule has 0 amide bonds. The Morgan fingerprint density at radius 3 is 2.58 bits per heavy atom. The van der Waals surface area contributed by atoms with Crippen LogP contribution < -0.4 is 15.4 Å². The quantitative estimate of drug-likeness (QED) is 0.284. The van der Waals surface area contributed by atoms with Gasteiger partial charge in [-0.1, -0.05) is 13.3 Å². The molecular formula is C20H34FN3O2. The topological polar surface area (TPSA) is 65.9 Å². The summed E-state index contributed by atoms with van der Waals surface area (Å²) in [6.07, 6.45) is 4.87. The highest BCUT2D eigenvalue weighted by Crippen LogP contribution is 2.12. The summed E-state index contributed by atoms with van der Waals surface area (Å²) in [7, 11) is 0. The van der Waals surface area contributed by atoms with Gasteiger partial charge in [0.05, 0.1) is 6.61 Å². The van der Waals surface area contributed by atoms with Crippen molar-refractivity contribution in [3.63, 3.8) is 0 Å². The Morgan fingerprint density at radius 2 is 1.92 bits per heavy atom. The normalized spacial score (nSPS) is 12.7. The number of unbranched alkanes of at least 4 members (excludes halogenated alkanes) is 1. The van der Waals surface area contributed by atoms with Gasteiger partial charge in [0.15, 0.2) is 5.96 Å². The molecule has 148 valence electrons. The van der Waals surface area contributed by atoms with Crippen molar-refractivity contribution in [2.75, 3.05) is 32.8 Å². The zero-order valence-corrected chi connectivity index (χ0v) is 16.1. The lowest BCUT2D eigenvalue weighted by molar-refractivity contribution is 0.253. The maximum absolute atomic E-state index is 12.8.